The first-order valence-electron chi connectivity index (χ1n) is 9.92. The fourth-order valence-corrected chi connectivity index (χ4v) is 3.94. The largest absolute Gasteiger partial charge is 0.493 e. The molecule has 4 rings (SSSR count). The molecule has 3 heterocycles. The molecule has 1 atom stereocenters. The third-order valence-electron chi connectivity index (χ3n) is 5.49. The van der Waals surface area contributed by atoms with Gasteiger partial charge in [-0.05, 0) is 44.0 Å². The highest BCUT2D eigenvalue weighted by atomic mass is 16.5. The highest BCUT2D eigenvalue weighted by Crippen LogP contribution is 2.35. The predicted molar refractivity (Wildman–Crippen MR) is 113 cm³/mol. The van der Waals surface area contributed by atoms with Crippen molar-refractivity contribution in [2.45, 2.75) is 40.2 Å². The number of Topliss-reactive ketones (excluding diaryl/α,β-unsaturated/α-hetero) is 1. The summed E-state index contributed by atoms with van der Waals surface area (Å²) in [7, 11) is 0. The molecule has 7 nitrogen and oxygen atoms in total. The monoisotopic (exact) mass is 404 g/mol. The maximum absolute atomic E-state index is 13.1. The Balaban J connectivity index is 1.65. The lowest BCUT2D eigenvalue weighted by Gasteiger charge is -2.27. The van der Waals surface area contributed by atoms with Crippen molar-refractivity contribution in [3.8, 4) is 16.9 Å². The number of H-pyrrole nitrogens is 1. The Bertz CT molecular complexity index is 1130. The van der Waals surface area contributed by atoms with Crippen LogP contribution in [0.25, 0.3) is 11.1 Å². The van der Waals surface area contributed by atoms with Crippen LogP contribution in [-0.2, 0) is 0 Å². The molecule has 0 spiro atoms. The lowest BCUT2D eigenvalue weighted by Crippen LogP contribution is -2.32. The molecule has 0 radical (unpaired) electrons. The average molecular weight is 404 g/mol. The maximum atomic E-state index is 13.1. The summed E-state index contributed by atoms with van der Waals surface area (Å²) in [5.74, 6) is 1.19. The van der Waals surface area contributed by atoms with E-state index in [2.05, 4.69) is 20.3 Å². The maximum Gasteiger partial charge on any atom is 0.253 e. The van der Waals surface area contributed by atoms with Gasteiger partial charge >= 0.3 is 0 Å². The summed E-state index contributed by atoms with van der Waals surface area (Å²) in [6.45, 7) is 7.46. The van der Waals surface area contributed by atoms with Crippen molar-refractivity contribution in [1.82, 2.24) is 20.3 Å². The van der Waals surface area contributed by atoms with E-state index >= 15 is 0 Å². The van der Waals surface area contributed by atoms with Crippen molar-refractivity contribution in [1.29, 1.82) is 0 Å². The Labute approximate surface area is 174 Å². The SMILES string of the molecule is CC(=O)c1[nH]c(C)c(C(=O)NC2CCOc3ccc(-c4cnc(C)nc4)cc32)c1C. The van der Waals surface area contributed by atoms with Crippen molar-refractivity contribution >= 4 is 11.7 Å². The summed E-state index contributed by atoms with van der Waals surface area (Å²) in [5.41, 5.74) is 5.16. The second-order valence-corrected chi connectivity index (χ2v) is 7.62. The molecule has 1 aliphatic rings. The van der Waals surface area contributed by atoms with Gasteiger partial charge in [0.05, 0.1) is 23.9 Å². The number of aromatic nitrogens is 3. The fourth-order valence-electron chi connectivity index (χ4n) is 3.94. The highest BCUT2D eigenvalue weighted by Gasteiger charge is 2.27. The van der Waals surface area contributed by atoms with Crippen LogP contribution in [0.5, 0.6) is 5.75 Å². The van der Waals surface area contributed by atoms with Crippen LogP contribution in [0.1, 0.15) is 62.9 Å². The van der Waals surface area contributed by atoms with Crippen LogP contribution in [0.4, 0.5) is 0 Å². The van der Waals surface area contributed by atoms with Gasteiger partial charge in [-0.3, -0.25) is 9.59 Å². The van der Waals surface area contributed by atoms with Crippen LogP contribution in [-0.4, -0.2) is 33.2 Å². The van der Waals surface area contributed by atoms with E-state index in [1.807, 2.05) is 32.0 Å². The van der Waals surface area contributed by atoms with Crippen LogP contribution in [0.15, 0.2) is 30.6 Å². The molecule has 3 aromatic rings. The fraction of sp³-hybridized carbons (Fsp3) is 0.304. The van der Waals surface area contributed by atoms with Gasteiger partial charge in [0.1, 0.15) is 11.6 Å². The summed E-state index contributed by atoms with van der Waals surface area (Å²) in [6, 6.07) is 5.72. The van der Waals surface area contributed by atoms with E-state index < -0.39 is 0 Å². The second-order valence-electron chi connectivity index (χ2n) is 7.62. The number of benzene rings is 1. The Hall–Kier alpha value is -3.48. The van der Waals surface area contributed by atoms with Gasteiger partial charge in [-0.15, -0.1) is 0 Å². The van der Waals surface area contributed by atoms with Gasteiger partial charge in [0, 0.05) is 42.6 Å². The number of aryl methyl sites for hydroxylation is 2. The number of fused-ring (bicyclic) bond motifs is 1. The quantitative estimate of drug-likeness (QED) is 0.644. The first-order chi connectivity index (χ1) is 14.3. The number of carbonyl (C=O) groups excluding carboxylic acids is 2. The molecule has 0 saturated carbocycles. The van der Waals surface area contributed by atoms with Crippen molar-refractivity contribution in [2.24, 2.45) is 0 Å². The molecule has 154 valence electrons. The summed E-state index contributed by atoms with van der Waals surface area (Å²) in [6.07, 6.45) is 4.24. The minimum atomic E-state index is -0.198. The molecule has 0 aliphatic carbocycles. The number of aromatic amines is 1. The molecule has 0 saturated heterocycles. The van der Waals surface area contributed by atoms with Crippen molar-refractivity contribution in [3.63, 3.8) is 0 Å². The first kappa shape index (κ1) is 19.8. The van der Waals surface area contributed by atoms with E-state index in [0.29, 0.717) is 41.4 Å². The van der Waals surface area contributed by atoms with Gasteiger partial charge in [-0.25, -0.2) is 9.97 Å². The highest BCUT2D eigenvalue weighted by molar-refractivity contribution is 6.02. The lowest BCUT2D eigenvalue weighted by atomic mass is 9.96. The normalized spacial score (nSPS) is 15.3. The zero-order chi connectivity index (χ0) is 21.4. The van der Waals surface area contributed by atoms with Gasteiger partial charge in [0.2, 0.25) is 0 Å². The topological polar surface area (TPSA) is 97.0 Å². The molecule has 0 fully saturated rings. The molecule has 1 amide bonds. The van der Waals surface area contributed by atoms with Crippen LogP contribution in [0, 0.1) is 20.8 Å². The minimum Gasteiger partial charge on any atom is -0.493 e. The number of hydrogen-bond donors (Lipinski definition) is 2. The van der Waals surface area contributed by atoms with E-state index in [1.54, 1.807) is 19.3 Å². The van der Waals surface area contributed by atoms with E-state index in [0.717, 1.165) is 22.4 Å². The van der Waals surface area contributed by atoms with Gasteiger partial charge in [0.15, 0.2) is 5.78 Å². The summed E-state index contributed by atoms with van der Waals surface area (Å²) < 4.78 is 5.80. The van der Waals surface area contributed by atoms with Crippen LogP contribution in [0.3, 0.4) is 0 Å². The number of carbonyl (C=O) groups is 2. The van der Waals surface area contributed by atoms with E-state index in [-0.39, 0.29) is 17.7 Å². The van der Waals surface area contributed by atoms with Crippen LogP contribution < -0.4 is 10.1 Å². The minimum absolute atomic E-state index is 0.0870. The standard InChI is InChI=1S/C23H24N4O3/c1-12-21(13(2)26-22(12)14(3)28)23(29)27-19-7-8-30-20-6-5-16(9-18(19)20)17-10-24-15(4)25-11-17/h5-6,9-11,19,26H,7-8H2,1-4H3,(H,27,29). The molecule has 2 N–H and O–H groups in total. The number of amides is 1. The van der Waals surface area contributed by atoms with Gasteiger partial charge in [-0.2, -0.15) is 0 Å². The van der Waals surface area contributed by atoms with Crippen molar-refractivity contribution in [2.75, 3.05) is 6.61 Å². The molecule has 1 aliphatic heterocycles. The average Bonchev–Trinajstić information content (AvgIpc) is 3.03. The number of hydrogen-bond acceptors (Lipinski definition) is 5. The zero-order valence-electron chi connectivity index (χ0n) is 17.5. The van der Waals surface area contributed by atoms with E-state index in [4.69, 9.17) is 4.74 Å². The third-order valence-corrected chi connectivity index (χ3v) is 5.49. The number of ketones is 1. The van der Waals surface area contributed by atoms with E-state index in [9.17, 15) is 9.59 Å². The first-order valence-corrected chi connectivity index (χ1v) is 9.92. The predicted octanol–water partition coefficient (Wildman–Crippen LogP) is 3.85. The Morgan fingerprint density at radius 3 is 2.53 bits per heavy atom. The molecule has 0 bridgehead atoms. The second kappa shape index (κ2) is 7.74. The molecule has 2 aromatic heterocycles. The Morgan fingerprint density at radius 1 is 1.13 bits per heavy atom. The molecule has 30 heavy (non-hydrogen) atoms. The molecule has 7 heteroatoms. The molecule has 1 aromatic carbocycles. The Morgan fingerprint density at radius 2 is 1.87 bits per heavy atom. The number of nitrogens with zero attached hydrogens (tertiary/aromatic N) is 2. The van der Waals surface area contributed by atoms with E-state index in [1.165, 1.54) is 6.92 Å². The van der Waals surface area contributed by atoms with Crippen LogP contribution >= 0.6 is 0 Å². The zero-order valence-corrected chi connectivity index (χ0v) is 17.5. The van der Waals surface area contributed by atoms with Gasteiger partial charge < -0.3 is 15.0 Å². The van der Waals surface area contributed by atoms with Crippen molar-refractivity contribution in [3.05, 3.63) is 64.5 Å². The molecular weight excluding hydrogens is 380 g/mol. The summed E-state index contributed by atoms with van der Waals surface area (Å²) in [5, 5.41) is 3.13. The molecular formula is C23H24N4O3. The third kappa shape index (κ3) is 3.58. The number of ether oxygens (including phenoxy) is 1. The van der Waals surface area contributed by atoms with Crippen LogP contribution in [0.2, 0.25) is 0 Å². The number of nitrogens with one attached hydrogen (secondary N) is 2. The van der Waals surface area contributed by atoms with Gasteiger partial charge in [-0.1, -0.05) is 6.07 Å². The Kier molecular flexibility index (Phi) is 5.11. The number of rotatable bonds is 4. The summed E-state index contributed by atoms with van der Waals surface area (Å²) >= 11 is 0. The summed E-state index contributed by atoms with van der Waals surface area (Å²) in [4.78, 5) is 36.5. The molecule has 1 unspecified atom stereocenters. The van der Waals surface area contributed by atoms with Crippen molar-refractivity contribution < 1.29 is 14.3 Å². The smallest absolute Gasteiger partial charge is 0.253 e. The van der Waals surface area contributed by atoms with Gasteiger partial charge in [0.25, 0.3) is 5.91 Å². The lowest BCUT2D eigenvalue weighted by molar-refractivity contribution is 0.0923.